The van der Waals surface area contributed by atoms with Gasteiger partial charge in [-0.25, -0.2) is 4.39 Å². The Bertz CT molecular complexity index is 1100. The third-order valence-electron chi connectivity index (χ3n) is 5.08. The number of nitrogens with one attached hydrogen (secondary N) is 1. The fourth-order valence-electron chi connectivity index (χ4n) is 3.61. The van der Waals surface area contributed by atoms with Gasteiger partial charge in [-0.05, 0) is 69.2 Å². The van der Waals surface area contributed by atoms with Crippen LogP contribution < -0.4 is 10.1 Å². The minimum absolute atomic E-state index is 0.00107. The molecule has 1 aliphatic rings. The van der Waals surface area contributed by atoms with Crippen molar-refractivity contribution in [2.75, 3.05) is 11.9 Å². The van der Waals surface area contributed by atoms with Crippen molar-refractivity contribution >= 4 is 11.6 Å². The number of halogens is 1. The van der Waals surface area contributed by atoms with E-state index in [9.17, 15) is 14.3 Å². The first kappa shape index (κ1) is 20.1. The number of aromatic nitrogens is 2. The molecule has 1 amide bonds. The van der Waals surface area contributed by atoms with E-state index < -0.39 is 5.60 Å². The van der Waals surface area contributed by atoms with Crippen molar-refractivity contribution in [2.45, 2.75) is 39.3 Å². The van der Waals surface area contributed by atoms with E-state index in [-0.39, 0.29) is 18.3 Å². The van der Waals surface area contributed by atoms with Crippen LogP contribution in [-0.4, -0.2) is 33.0 Å². The number of hydrogen-bond acceptors (Lipinski definition) is 4. The highest BCUT2D eigenvalue weighted by molar-refractivity contribution is 5.97. The van der Waals surface area contributed by atoms with Crippen LogP contribution in [0, 0.1) is 12.7 Å². The zero-order valence-electron chi connectivity index (χ0n) is 17.2. The van der Waals surface area contributed by atoms with E-state index in [0.29, 0.717) is 24.4 Å². The van der Waals surface area contributed by atoms with Crippen LogP contribution >= 0.6 is 0 Å². The zero-order valence-corrected chi connectivity index (χ0v) is 17.2. The first-order valence-electron chi connectivity index (χ1n) is 9.84. The summed E-state index contributed by atoms with van der Waals surface area (Å²) >= 11 is 0. The summed E-state index contributed by atoms with van der Waals surface area (Å²) in [6, 6.07) is 11.9. The molecule has 0 saturated heterocycles. The van der Waals surface area contributed by atoms with Crippen LogP contribution in [0.15, 0.2) is 42.5 Å². The molecule has 0 fully saturated rings. The zero-order chi connectivity index (χ0) is 21.5. The first-order valence-corrected chi connectivity index (χ1v) is 9.84. The molecule has 2 N–H and O–H groups in total. The maximum absolute atomic E-state index is 13.6. The Morgan fingerprint density at radius 1 is 1.20 bits per heavy atom. The van der Waals surface area contributed by atoms with Gasteiger partial charge in [-0.1, -0.05) is 6.07 Å². The van der Waals surface area contributed by atoms with E-state index in [1.54, 1.807) is 26.0 Å². The molecule has 0 unspecified atom stereocenters. The smallest absolute Gasteiger partial charge is 0.262 e. The number of ether oxygens (including phenoxy) is 1. The minimum atomic E-state index is -0.840. The van der Waals surface area contributed by atoms with Gasteiger partial charge in [-0.15, -0.1) is 0 Å². The van der Waals surface area contributed by atoms with Crippen LogP contribution in [-0.2, 0) is 11.3 Å². The SMILES string of the molecule is Cc1nn(CCC(C)(C)O)c(-c2ccc(F)cc2)c1-c1ccc2c(c1)NC(=O)CO2. The summed E-state index contributed by atoms with van der Waals surface area (Å²) < 4.78 is 20.9. The highest BCUT2D eigenvalue weighted by atomic mass is 19.1. The van der Waals surface area contributed by atoms with Crippen LogP contribution in [0.2, 0.25) is 0 Å². The number of anilines is 1. The highest BCUT2D eigenvalue weighted by Crippen LogP contribution is 2.39. The lowest BCUT2D eigenvalue weighted by Crippen LogP contribution is -2.25. The second kappa shape index (κ2) is 7.57. The topological polar surface area (TPSA) is 76.4 Å². The molecule has 30 heavy (non-hydrogen) atoms. The predicted molar refractivity (Wildman–Crippen MR) is 113 cm³/mol. The lowest BCUT2D eigenvalue weighted by molar-refractivity contribution is -0.118. The van der Waals surface area contributed by atoms with Gasteiger partial charge in [0.2, 0.25) is 0 Å². The van der Waals surface area contributed by atoms with Crippen LogP contribution in [0.1, 0.15) is 26.0 Å². The summed E-state index contributed by atoms with van der Waals surface area (Å²) in [5.41, 5.74) is 3.98. The maximum atomic E-state index is 13.6. The highest BCUT2D eigenvalue weighted by Gasteiger charge is 2.23. The molecule has 7 heteroatoms. The van der Waals surface area contributed by atoms with Crippen LogP contribution in [0.4, 0.5) is 10.1 Å². The van der Waals surface area contributed by atoms with E-state index in [4.69, 9.17) is 9.84 Å². The Morgan fingerprint density at radius 3 is 2.60 bits per heavy atom. The van der Waals surface area contributed by atoms with Crippen molar-refractivity contribution in [2.24, 2.45) is 0 Å². The Hall–Kier alpha value is -3.19. The van der Waals surface area contributed by atoms with Crippen molar-refractivity contribution in [3.63, 3.8) is 0 Å². The summed E-state index contributed by atoms with van der Waals surface area (Å²) in [5.74, 6) is 0.109. The van der Waals surface area contributed by atoms with Crippen LogP contribution in [0.25, 0.3) is 22.4 Å². The number of fused-ring (bicyclic) bond motifs is 1. The molecule has 1 aromatic heterocycles. The lowest BCUT2D eigenvalue weighted by Gasteiger charge is -2.19. The molecule has 4 rings (SSSR count). The average Bonchev–Trinajstić information content (AvgIpc) is 3.02. The summed E-state index contributed by atoms with van der Waals surface area (Å²) in [7, 11) is 0. The molecule has 1 aliphatic heterocycles. The largest absolute Gasteiger partial charge is 0.482 e. The third kappa shape index (κ3) is 4.07. The predicted octanol–water partition coefficient (Wildman–Crippen LogP) is 4.16. The van der Waals surface area contributed by atoms with Crippen molar-refractivity contribution in [3.05, 3.63) is 54.0 Å². The molecule has 6 nitrogen and oxygen atoms in total. The summed E-state index contributed by atoms with van der Waals surface area (Å²) in [4.78, 5) is 11.7. The molecule has 156 valence electrons. The monoisotopic (exact) mass is 409 g/mol. The summed E-state index contributed by atoms with van der Waals surface area (Å²) in [5, 5.41) is 17.7. The normalized spacial score (nSPS) is 13.6. The fraction of sp³-hybridized carbons (Fsp3) is 0.304. The number of rotatable bonds is 5. The molecule has 0 radical (unpaired) electrons. The number of aryl methyl sites for hydroxylation is 2. The van der Waals surface area contributed by atoms with Gasteiger partial charge in [-0.3, -0.25) is 9.48 Å². The molecule has 2 aromatic carbocycles. The van der Waals surface area contributed by atoms with Gasteiger partial charge in [0.15, 0.2) is 6.61 Å². The molecular weight excluding hydrogens is 385 g/mol. The number of nitrogens with zero attached hydrogens (tertiary/aromatic N) is 2. The van der Waals surface area contributed by atoms with Crippen molar-refractivity contribution in [1.29, 1.82) is 0 Å². The van der Waals surface area contributed by atoms with E-state index in [1.165, 1.54) is 12.1 Å². The fourth-order valence-corrected chi connectivity index (χ4v) is 3.61. The quantitative estimate of drug-likeness (QED) is 0.664. The number of amides is 1. The Labute approximate surface area is 174 Å². The van der Waals surface area contributed by atoms with Gasteiger partial charge in [0.1, 0.15) is 11.6 Å². The first-order chi connectivity index (χ1) is 14.2. The number of carbonyl (C=O) groups excluding carboxylic acids is 1. The van der Waals surface area contributed by atoms with Gasteiger partial charge < -0.3 is 15.2 Å². The van der Waals surface area contributed by atoms with Gasteiger partial charge >= 0.3 is 0 Å². The van der Waals surface area contributed by atoms with Crippen molar-refractivity contribution in [3.8, 4) is 28.1 Å². The Balaban J connectivity index is 1.85. The van der Waals surface area contributed by atoms with E-state index in [2.05, 4.69) is 5.32 Å². The molecule has 0 aliphatic carbocycles. The number of carbonyl (C=O) groups is 1. The third-order valence-corrected chi connectivity index (χ3v) is 5.08. The van der Waals surface area contributed by atoms with Crippen LogP contribution in [0.3, 0.4) is 0 Å². The van der Waals surface area contributed by atoms with E-state index in [1.807, 2.05) is 29.8 Å². The molecule has 0 atom stereocenters. The van der Waals surface area contributed by atoms with Gasteiger partial charge in [-0.2, -0.15) is 5.10 Å². The lowest BCUT2D eigenvalue weighted by atomic mass is 9.97. The minimum Gasteiger partial charge on any atom is -0.482 e. The van der Waals surface area contributed by atoms with Crippen molar-refractivity contribution < 1.29 is 19.0 Å². The molecular formula is C23H24FN3O3. The summed E-state index contributed by atoms with van der Waals surface area (Å²) in [6.45, 7) is 5.93. The molecule has 0 bridgehead atoms. The second-order valence-electron chi connectivity index (χ2n) is 8.15. The molecule has 0 saturated carbocycles. The molecule has 3 aromatic rings. The Kier molecular flexibility index (Phi) is 5.07. The van der Waals surface area contributed by atoms with Gasteiger partial charge in [0, 0.05) is 17.7 Å². The maximum Gasteiger partial charge on any atom is 0.262 e. The number of hydrogen-bond donors (Lipinski definition) is 2. The summed E-state index contributed by atoms with van der Waals surface area (Å²) in [6.07, 6.45) is 0.510. The van der Waals surface area contributed by atoms with E-state index >= 15 is 0 Å². The Morgan fingerprint density at radius 2 is 1.90 bits per heavy atom. The average molecular weight is 409 g/mol. The van der Waals surface area contributed by atoms with Gasteiger partial charge in [0.25, 0.3) is 5.91 Å². The molecule has 0 spiro atoms. The second-order valence-corrected chi connectivity index (χ2v) is 8.15. The van der Waals surface area contributed by atoms with E-state index in [0.717, 1.165) is 28.1 Å². The van der Waals surface area contributed by atoms with Crippen molar-refractivity contribution in [1.82, 2.24) is 9.78 Å². The number of aliphatic hydroxyl groups is 1. The van der Waals surface area contributed by atoms with Gasteiger partial charge in [0.05, 0.1) is 22.7 Å². The van der Waals surface area contributed by atoms with Crippen LogP contribution in [0.5, 0.6) is 5.75 Å². The number of benzene rings is 2. The molecule has 2 heterocycles. The standard InChI is InChI=1S/C23H24FN3O3/c1-14-21(16-6-9-19-18(12-16)25-20(28)13-30-19)22(15-4-7-17(24)8-5-15)27(26-14)11-10-23(2,3)29/h4-9,12,29H,10-11,13H2,1-3H3,(H,25,28).